The molecule has 27 heavy (non-hydrogen) atoms. The normalized spacial score (nSPS) is 14.2. The maximum atomic E-state index is 12.8. The van der Waals surface area contributed by atoms with Crippen molar-refractivity contribution >= 4 is 16.8 Å². The average Bonchev–Trinajstić information content (AvgIpc) is 2.68. The smallest absolute Gasteiger partial charge is 0.261 e. The lowest BCUT2D eigenvalue weighted by Gasteiger charge is -2.16. The summed E-state index contributed by atoms with van der Waals surface area (Å²) in [5, 5.41) is 3.46. The maximum Gasteiger partial charge on any atom is 0.261 e. The number of carbonyl (C=O) groups is 1. The summed E-state index contributed by atoms with van der Waals surface area (Å²) in [7, 11) is 0. The van der Waals surface area contributed by atoms with E-state index in [9.17, 15) is 9.59 Å². The first-order valence-electron chi connectivity index (χ1n) is 9.43. The van der Waals surface area contributed by atoms with Gasteiger partial charge in [0.1, 0.15) is 5.82 Å². The molecule has 138 valence electrons. The number of amides is 1. The number of carbonyl (C=O) groups excluding carboxylic acids is 1. The Bertz CT molecular complexity index is 1030. The van der Waals surface area contributed by atoms with Crippen molar-refractivity contribution in [2.24, 2.45) is 0 Å². The van der Waals surface area contributed by atoms with Gasteiger partial charge in [0, 0.05) is 37.5 Å². The fourth-order valence-corrected chi connectivity index (χ4v) is 3.52. The van der Waals surface area contributed by atoms with Crippen LogP contribution in [0.1, 0.15) is 47.4 Å². The summed E-state index contributed by atoms with van der Waals surface area (Å²) in [6.45, 7) is 1.13. The zero-order chi connectivity index (χ0) is 18.6. The third-order valence-electron chi connectivity index (χ3n) is 5.00. The maximum absolute atomic E-state index is 12.8. The second-order valence-electron chi connectivity index (χ2n) is 6.92. The van der Waals surface area contributed by atoms with Crippen molar-refractivity contribution in [3.8, 4) is 0 Å². The van der Waals surface area contributed by atoms with Crippen molar-refractivity contribution in [1.82, 2.24) is 19.9 Å². The van der Waals surface area contributed by atoms with Crippen LogP contribution in [0.2, 0.25) is 0 Å². The lowest BCUT2D eigenvalue weighted by Crippen LogP contribution is -2.27. The van der Waals surface area contributed by atoms with Gasteiger partial charge in [0.15, 0.2) is 0 Å². The Labute approximate surface area is 157 Å². The van der Waals surface area contributed by atoms with E-state index in [1.165, 1.54) is 6.42 Å². The molecule has 3 aromatic rings. The lowest BCUT2D eigenvalue weighted by molar-refractivity contribution is 0.0951. The van der Waals surface area contributed by atoms with Crippen LogP contribution >= 0.6 is 0 Å². The second kappa shape index (κ2) is 7.70. The molecule has 1 aliphatic heterocycles. The third-order valence-corrected chi connectivity index (χ3v) is 5.00. The summed E-state index contributed by atoms with van der Waals surface area (Å²) in [6.07, 6.45) is 8.61. The zero-order valence-corrected chi connectivity index (χ0v) is 15.1. The molecule has 6 heteroatoms. The Kier molecular flexibility index (Phi) is 4.96. The number of hydrogen-bond donors (Lipinski definition) is 1. The van der Waals surface area contributed by atoms with Gasteiger partial charge in [0.05, 0.1) is 10.9 Å². The van der Waals surface area contributed by atoms with E-state index >= 15 is 0 Å². The molecule has 1 aliphatic rings. The number of nitrogens with one attached hydrogen (secondary N) is 1. The van der Waals surface area contributed by atoms with Gasteiger partial charge in [-0.05, 0) is 42.7 Å². The zero-order valence-electron chi connectivity index (χ0n) is 15.1. The van der Waals surface area contributed by atoms with Gasteiger partial charge in [-0.2, -0.15) is 0 Å². The predicted molar refractivity (Wildman–Crippen MR) is 104 cm³/mol. The third kappa shape index (κ3) is 3.74. The fourth-order valence-electron chi connectivity index (χ4n) is 3.52. The van der Waals surface area contributed by atoms with E-state index in [0.29, 0.717) is 23.0 Å². The Hall–Kier alpha value is -3.02. The molecule has 0 atom stereocenters. The highest BCUT2D eigenvalue weighted by Gasteiger charge is 2.14. The molecule has 1 N–H and O–H groups in total. The lowest BCUT2D eigenvalue weighted by atomic mass is 10.1. The summed E-state index contributed by atoms with van der Waals surface area (Å²) >= 11 is 0. The molecule has 1 amide bonds. The van der Waals surface area contributed by atoms with Gasteiger partial charge >= 0.3 is 0 Å². The summed E-state index contributed by atoms with van der Waals surface area (Å²) < 4.78 is 1.81. The highest BCUT2D eigenvalue weighted by Crippen LogP contribution is 2.16. The van der Waals surface area contributed by atoms with Crippen LogP contribution in [-0.2, 0) is 19.5 Å². The SMILES string of the molecule is O=C(NCc1cccnc1)c1ccc2c(=O)n3c(nc2c1)CCCCCC3. The van der Waals surface area contributed by atoms with Crippen molar-refractivity contribution < 1.29 is 4.79 Å². The quantitative estimate of drug-likeness (QED) is 0.777. The molecular weight excluding hydrogens is 340 g/mol. The van der Waals surface area contributed by atoms with Crippen molar-refractivity contribution in [2.45, 2.75) is 45.2 Å². The van der Waals surface area contributed by atoms with Crippen LogP contribution in [0.15, 0.2) is 47.5 Å². The summed E-state index contributed by atoms with van der Waals surface area (Å²) in [5.41, 5.74) is 2.04. The molecule has 0 bridgehead atoms. The summed E-state index contributed by atoms with van der Waals surface area (Å²) in [5.74, 6) is 0.648. The highest BCUT2D eigenvalue weighted by atomic mass is 16.1. The first kappa shape index (κ1) is 17.4. The number of pyridine rings is 1. The summed E-state index contributed by atoms with van der Waals surface area (Å²) in [4.78, 5) is 34.1. The number of fused-ring (bicyclic) bond motifs is 2. The number of rotatable bonds is 3. The van der Waals surface area contributed by atoms with Crippen LogP contribution in [0.4, 0.5) is 0 Å². The molecule has 0 fully saturated rings. The molecule has 0 unspecified atom stereocenters. The molecule has 4 rings (SSSR count). The van der Waals surface area contributed by atoms with Crippen LogP contribution in [0, 0.1) is 0 Å². The number of aryl methyl sites for hydroxylation is 1. The number of hydrogen-bond acceptors (Lipinski definition) is 4. The van der Waals surface area contributed by atoms with E-state index in [-0.39, 0.29) is 11.5 Å². The molecule has 2 aromatic heterocycles. The standard InChI is InChI=1S/C21H22N4O2/c26-20(23-14-15-6-5-10-22-13-15)16-8-9-17-18(12-16)24-19-7-3-1-2-4-11-25(19)21(17)27/h5-6,8-10,12-13H,1-4,7,11,14H2,(H,23,26). The van der Waals surface area contributed by atoms with Gasteiger partial charge in [-0.1, -0.05) is 18.9 Å². The van der Waals surface area contributed by atoms with Crippen molar-refractivity contribution in [2.75, 3.05) is 0 Å². The number of nitrogens with zero attached hydrogens (tertiary/aromatic N) is 3. The van der Waals surface area contributed by atoms with Crippen LogP contribution in [0.3, 0.4) is 0 Å². The molecule has 3 heterocycles. The minimum atomic E-state index is -0.186. The van der Waals surface area contributed by atoms with Gasteiger partial charge in [0.25, 0.3) is 11.5 Å². The first-order valence-corrected chi connectivity index (χ1v) is 9.43. The molecule has 0 aliphatic carbocycles. The van der Waals surface area contributed by atoms with Crippen LogP contribution < -0.4 is 10.9 Å². The predicted octanol–water partition coefficient (Wildman–Crippen LogP) is 2.84. The molecule has 0 spiro atoms. The number of aromatic nitrogens is 3. The van der Waals surface area contributed by atoms with E-state index in [0.717, 1.165) is 43.6 Å². The van der Waals surface area contributed by atoms with E-state index in [2.05, 4.69) is 10.3 Å². The van der Waals surface area contributed by atoms with Crippen molar-refractivity contribution in [3.63, 3.8) is 0 Å². The summed E-state index contributed by atoms with van der Waals surface area (Å²) in [6, 6.07) is 8.88. The fraction of sp³-hybridized carbons (Fsp3) is 0.333. The molecule has 6 nitrogen and oxygen atoms in total. The Balaban J connectivity index is 1.62. The minimum absolute atomic E-state index is 0.000724. The van der Waals surface area contributed by atoms with Gasteiger partial charge in [-0.3, -0.25) is 19.1 Å². The average molecular weight is 362 g/mol. The van der Waals surface area contributed by atoms with Gasteiger partial charge in [-0.25, -0.2) is 4.98 Å². The Morgan fingerprint density at radius 3 is 2.89 bits per heavy atom. The van der Waals surface area contributed by atoms with Gasteiger partial charge < -0.3 is 5.32 Å². The molecule has 0 radical (unpaired) electrons. The van der Waals surface area contributed by atoms with E-state index in [1.807, 2.05) is 16.7 Å². The highest BCUT2D eigenvalue weighted by molar-refractivity contribution is 5.97. The van der Waals surface area contributed by atoms with Crippen LogP contribution in [-0.4, -0.2) is 20.4 Å². The van der Waals surface area contributed by atoms with E-state index in [4.69, 9.17) is 4.98 Å². The van der Waals surface area contributed by atoms with Gasteiger partial charge in [0.2, 0.25) is 0 Å². The first-order chi connectivity index (χ1) is 13.2. The number of benzene rings is 1. The van der Waals surface area contributed by atoms with Gasteiger partial charge in [-0.15, -0.1) is 0 Å². The van der Waals surface area contributed by atoms with Crippen molar-refractivity contribution in [1.29, 1.82) is 0 Å². The van der Waals surface area contributed by atoms with E-state index in [1.54, 1.807) is 30.6 Å². The van der Waals surface area contributed by atoms with Crippen LogP contribution in [0.25, 0.3) is 10.9 Å². The monoisotopic (exact) mass is 362 g/mol. The van der Waals surface area contributed by atoms with E-state index < -0.39 is 0 Å². The molecule has 1 aromatic carbocycles. The Morgan fingerprint density at radius 1 is 1.15 bits per heavy atom. The molecule has 0 saturated heterocycles. The van der Waals surface area contributed by atoms with Crippen LogP contribution in [0.5, 0.6) is 0 Å². The largest absolute Gasteiger partial charge is 0.348 e. The molecule has 0 saturated carbocycles. The van der Waals surface area contributed by atoms with Crippen molar-refractivity contribution in [3.05, 3.63) is 70.0 Å². The second-order valence-corrected chi connectivity index (χ2v) is 6.92. The minimum Gasteiger partial charge on any atom is -0.348 e. The molecular formula is C21H22N4O2. The Morgan fingerprint density at radius 2 is 2.04 bits per heavy atom. The topological polar surface area (TPSA) is 76.9 Å².